The highest BCUT2D eigenvalue weighted by atomic mass is 16.5. The van der Waals surface area contributed by atoms with Gasteiger partial charge in [-0.3, -0.25) is 0 Å². The number of hydrogen-bond donors (Lipinski definition) is 1. The van der Waals surface area contributed by atoms with Crippen molar-refractivity contribution in [2.75, 3.05) is 12.4 Å². The Bertz CT molecular complexity index is 843. The molecular weight excluding hydrogens is 314 g/mol. The van der Waals surface area contributed by atoms with Crippen LogP contribution in [0.2, 0.25) is 0 Å². The number of benzene rings is 2. The summed E-state index contributed by atoms with van der Waals surface area (Å²) >= 11 is 0. The summed E-state index contributed by atoms with van der Waals surface area (Å²) in [7, 11) is 1.65. The summed E-state index contributed by atoms with van der Waals surface area (Å²) in [6, 6.07) is 15.9. The van der Waals surface area contributed by atoms with Crippen molar-refractivity contribution in [2.24, 2.45) is 0 Å². The van der Waals surface area contributed by atoms with Crippen LogP contribution in [0.25, 0.3) is 5.69 Å². The number of anilines is 1. The largest absolute Gasteiger partial charge is 0.497 e. The summed E-state index contributed by atoms with van der Waals surface area (Å²) in [4.78, 5) is 0. The second-order valence-corrected chi connectivity index (χ2v) is 6.24. The minimum atomic E-state index is -0.407. The average Bonchev–Trinajstić information content (AvgIpc) is 3.14. The highest BCUT2D eigenvalue weighted by Crippen LogP contribution is 2.30. The average molecular weight is 337 g/mol. The van der Waals surface area contributed by atoms with Crippen molar-refractivity contribution >= 4 is 5.69 Å². The molecule has 1 aromatic heterocycles. The number of aromatic nitrogens is 4. The van der Waals surface area contributed by atoms with Crippen molar-refractivity contribution in [1.29, 1.82) is 0 Å². The number of nitrogens with one attached hydrogen (secondary N) is 1. The Kier molecular flexibility index (Phi) is 4.70. The van der Waals surface area contributed by atoms with Crippen LogP contribution in [-0.4, -0.2) is 27.3 Å². The summed E-state index contributed by atoms with van der Waals surface area (Å²) in [5.74, 6) is 1.57. The van der Waals surface area contributed by atoms with Gasteiger partial charge in [-0.1, -0.05) is 25.1 Å². The molecule has 0 fully saturated rings. The summed E-state index contributed by atoms with van der Waals surface area (Å²) < 4.78 is 7.00. The Balaban J connectivity index is 1.99. The van der Waals surface area contributed by atoms with E-state index in [1.807, 2.05) is 36.4 Å². The predicted molar refractivity (Wildman–Crippen MR) is 98.2 cm³/mol. The predicted octanol–water partition coefficient (Wildman–Crippen LogP) is 3.72. The monoisotopic (exact) mass is 337 g/mol. The Hall–Kier alpha value is -2.89. The second-order valence-electron chi connectivity index (χ2n) is 6.24. The molecule has 1 atom stereocenters. The third-order valence-corrected chi connectivity index (χ3v) is 4.54. The fourth-order valence-corrected chi connectivity index (χ4v) is 2.74. The van der Waals surface area contributed by atoms with Crippen LogP contribution in [0.1, 0.15) is 31.7 Å². The van der Waals surface area contributed by atoms with Crippen molar-refractivity contribution in [3.05, 3.63) is 59.9 Å². The molecule has 0 aliphatic rings. The maximum atomic E-state index is 5.22. The zero-order valence-electron chi connectivity index (χ0n) is 15.0. The van der Waals surface area contributed by atoms with Crippen molar-refractivity contribution in [1.82, 2.24) is 20.2 Å². The zero-order valence-corrected chi connectivity index (χ0v) is 15.0. The van der Waals surface area contributed by atoms with Crippen molar-refractivity contribution in [2.45, 2.75) is 32.7 Å². The van der Waals surface area contributed by atoms with Crippen LogP contribution < -0.4 is 10.1 Å². The number of para-hydroxylation sites is 1. The second kappa shape index (κ2) is 6.93. The van der Waals surface area contributed by atoms with Crippen LogP contribution in [0.5, 0.6) is 5.75 Å². The van der Waals surface area contributed by atoms with E-state index in [0.717, 1.165) is 29.4 Å². The van der Waals surface area contributed by atoms with Gasteiger partial charge in [0.2, 0.25) is 0 Å². The molecule has 130 valence electrons. The van der Waals surface area contributed by atoms with Crippen LogP contribution in [0.4, 0.5) is 5.69 Å². The van der Waals surface area contributed by atoms with Gasteiger partial charge in [0.05, 0.1) is 18.3 Å². The quantitative estimate of drug-likeness (QED) is 0.743. The van der Waals surface area contributed by atoms with Crippen LogP contribution in [-0.2, 0) is 5.54 Å². The van der Waals surface area contributed by atoms with Gasteiger partial charge in [0.1, 0.15) is 5.75 Å². The van der Waals surface area contributed by atoms with E-state index < -0.39 is 5.54 Å². The third kappa shape index (κ3) is 3.33. The summed E-state index contributed by atoms with van der Waals surface area (Å²) in [5, 5.41) is 16.0. The lowest BCUT2D eigenvalue weighted by atomic mass is 9.96. The molecule has 0 amide bonds. The van der Waals surface area contributed by atoms with Gasteiger partial charge in [-0.15, -0.1) is 5.10 Å². The van der Waals surface area contributed by atoms with Gasteiger partial charge >= 0.3 is 0 Å². The standard InChI is InChI=1S/C19H23N5O/c1-5-19(3,20-17-9-7-6-8-14(17)2)18-21-22-23-24(18)15-10-12-16(25-4)13-11-15/h6-13,20H,5H2,1-4H3/t19-/m1/s1. The first-order valence-electron chi connectivity index (χ1n) is 8.34. The Labute approximate surface area is 147 Å². The Morgan fingerprint density at radius 1 is 1.12 bits per heavy atom. The first kappa shape index (κ1) is 17.0. The van der Waals surface area contributed by atoms with E-state index in [9.17, 15) is 0 Å². The third-order valence-electron chi connectivity index (χ3n) is 4.54. The normalized spacial score (nSPS) is 13.3. The van der Waals surface area contributed by atoms with Gasteiger partial charge in [0, 0.05) is 5.69 Å². The number of aryl methyl sites for hydroxylation is 1. The summed E-state index contributed by atoms with van der Waals surface area (Å²) in [6.45, 7) is 6.33. The fourth-order valence-electron chi connectivity index (χ4n) is 2.74. The van der Waals surface area contributed by atoms with E-state index in [0.29, 0.717) is 0 Å². The van der Waals surface area contributed by atoms with Crippen molar-refractivity contribution in [3.8, 4) is 11.4 Å². The number of hydrogen-bond acceptors (Lipinski definition) is 5. The highest BCUT2D eigenvalue weighted by Gasteiger charge is 2.31. The molecular formula is C19H23N5O. The smallest absolute Gasteiger partial charge is 0.181 e. The maximum absolute atomic E-state index is 5.22. The van der Waals surface area contributed by atoms with Crippen LogP contribution in [0.15, 0.2) is 48.5 Å². The van der Waals surface area contributed by atoms with Gasteiger partial charge in [0.15, 0.2) is 5.82 Å². The number of rotatable bonds is 6. The lowest BCUT2D eigenvalue weighted by Gasteiger charge is -2.30. The van der Waals surface area contributed by atoms with Crippen molar-refractivity contribution in [3.63, 3.8) is 0 Å². The number of tetrazole rings is 1. The Morgan fingerprint density at radius 2 is 1.84 bits per heavy atom. The van der Waals surface area contributed by atoms with Gasteiger partial charge in [0.25, 0.3) is 0 Å². The zero-order chi connectivity index (χ0) is 17.9. The Morgan fingerprint density at radius 3 is 2.48 bits per heavy atom. The topological polar surface area (TPSA) is 64.9 Å². The van der Waals surface area contributed by atoms with Crippen LogP contribution in [0, 0.1) is 6.92 Å². The van der Waals surface area contributed by atoms with E-state index in [2.05, 4.69) is 53.7 Å². The minimum Gasteiger partial charge on any atom is -0.497 e. The number of nitrogens with zero attached hydrogens (tertiary/aromatic N) is 4. The highest BCUT2D eigenvalue weighted by molar-refractivity contribution is 5.53. The first-order valence-corrected chi connectivity index (χ1v) is 8.34. The van der Waals surface area contributed by atoms with Gasteiger partial charge in [-0.2, -0.15) is 4.68 Å². The van der Waals surface area contributed by atoms with Crippen LogP contribution in [0.3, 0.4) is 0 Å². The molecule has 0 aliphatic carbocycles. The number of methoxy groups -OCH3 is 1. The molecule has 1 N–H and O–H groups in total. The van der Waals surface area contributed by atoms with Crippen LogP contribution >= 0.6 is 0 Å². The first-order chi connectivity index (χ1) is 12.1. The molecule has 2 aromatic carbocycles. The molecule has 0 bridgehead atoms. The molecule has 0 spiro atoms. The number of ether oxygens (including phenoxy) is 1. The van der Waals surface area contributed by atoms with E-state index in [-0.39, 0.29) is 0 Å². The molecule has 1 heterocycles. The summed E-state index contributed by atoms with van der Waals surface area (Å²) in [5.41, 5.74) is 2.75. The lowest BCUT2D eigenvalue weighted by molar-refractivity contribution is 0.414. The SMILES string of the molecule is CC[C@@](C)(Nc1ccccc1C)c1nnnn1-c1ccc(OC)cc1. The van der Waals surface area contributed by atoms with Gasteiger partial charge in [-0.25, -0.2) is 0 Å². The molecule has 0 radical (unpaired) electrons. The van der Waals surface area contributed by atoms with E-state index in [1.54, 1.807) is 11.8 Å². The lowest BCUT2D eigenvalue weighted by Crippen LogP contribution is -2.34. The summed E-state index contributed by atoms with van der Waals surface area (Å²) in [6.07, 6.45) is 0.831. The molecule has 6 heteroatoms. The van der Waals surface area contributed by atoms with Gasteiger partial charge in [-0.05, 0) is 66.6 Å². The maximum Gasteiger partial charge on any atom is 0.181 e. The molecule has 0 saturated heterocycles. The molecule has 0 unspecified atom stereocenters. The van der Waals surface area contributed by atoms with E-state index in [1.165, 1.54) is 5.56 Å². The molecule has 3 rings (SSSR count). The molecule has 3 aromatic rings. The van der Waals surface area contributed by atoms with Crippen molar-refractivity contribution < 1.29 is 4.74 Å². The molecule has 0 aliphatic heterocycles. The van der Waals surface area contributed by atoms with E-state index >= 15 is 0 Å². The van der Waals surface area contributed by atoms with Gasteiger partial charge < -0.3 is 10.1 Å². The molecule has 0 saturated carbocycles. The molecule has 25 heavy (non-hydrogen) atoms. The minimum absolute atomic E-state index is 0.407. The molecule has 6 nitrogen and oxygen atoms in total. The fraction of sp³-hybridized carbons (Fsp3) is 0.316. The van der Waals surface area contributed by atoms with E-state index in [4.69, 9.17) is 4.74 Å².